The van der Waals surface area contributed by atoms with Crippen LogP contribution in [0.3, 0.4) is 0 Å². The van der Waals surface area contributed by atoms with Gasteiger partial charge in [0.2, 0.25) is 0 Å². The number of aromatic amines is 1. The van der Waals surface area contributed by atoms with Crippen LogP contribution >= 0.6 is 0 Å². The van der Waals surface area contributed by atoms with Crippen LogP contribution in [0.1, 0.15) is 16.8 Å². The van der Waals surface area contributed by atoms with Crippen molar-refractivity contribution < 1.29 is 27.9 Å². The van der Waals surface area contributed by atoms with Crippen molar-refractivity contribution in [3.8, 4) is 28.5 Å². The van der Waals surface area contributed by atoms with E-state index in [2.05, 4.69) is 20.3 Å². The van der Waals surface area contributed by atoms with Gasteiger partial charge in [0.1, 0.15) is 18.0 Å². The summed E-state index contributed by atoms with van der Waals surface area (Å²) in [4.78, 5) is 17.4. The van der Waals surface area contributed by atoms with Crippen LogP contribution in [0, 0.1) is 5.82 Å². The number of amides is 1. The van der Waals surface area contributed by atoms with E-state index in [-0.39, 0.29) is 18.3 Å². The van der Waals surface area contributed by atoms with E-state index in [0.717, 1.165) is 38.3 Å². The van der Waals surface area contributed by atoms with Gasteiger partial charge >= 0.3 is 0 Å². The summed E-state index contributed by atoms with van der Waals surface area (Å²) in [6.45, 7) is 5.37. The molecule has 39 heavy (non-hydrogen) atoms. The van der Waals surface area contributed by atoms with Crippen molar-refractivity contribution >= 4 is 16.8 Å². The Kier molecular flexibility index (Phi) is 7.27. The Balaban J connectivity index is 1.13. The predicted octanol–water partition coefficient (Wildman–Crippen LogP) is 3.60. The lowest BCUT2D eigenvalue weighted by Gasteiger charge is -2.37. The Morgan fingerprint density at radius 3 is 2.69 bits per heavy atom. The second kappa shape index (κ2) is 11.1. The molecule has 0 radical (unpaired) electrons. The van der Waals surface area contributed by atoms with E-state index in [9.17, 15) is 9.18 Å². The van der Waals surface area contributed by atoms with E-state index in [0.29, 0.717) is 59.4 Å². The van der Waals surface area contributed by atoms with Gasteiger partial charge in [0, 0.05) is 74.6 Å². The van der Waals surface area contributed by atoms with Crippen LogP contribution in [0.2, 0.25) is 0 Å². The number of H-pyrrole nitrogens is 1. The summed E-state index contributed by atoms with van der Waals surface area (Å²) in [5.41, 5.74) is 3.08. The van der Waals surface area contributed by atoms with E-state index in [4.69, 9.17) is 18.7 Å². The van der Waals surface area contributed by atoms with Gasteiger partial charge in [-0.05, 0) is 24.6 Å². The van der Waals surface area contributed by atoms with Gasteiger partial charge in [-0.1, -0.05) is 17.3 Å². The van der Waals surface area contributed by atoms with Crippen molar-refractivity contribution in [3.63, 3.8) is 0 Å². The third kappa shape index (κ3) is 5.25. The molecule has 204 valence electrons. The average molecular weight is 536 g/mol. The minimum absolute atomic E-state index is 0.0281. The van der Waals surface area contributed by atoms with Gasteiger partial charge in [0.05, 0.1) is 18.7 Å². The molecule has 6 rings (SSSR count). The van der Waals surface area contributed by atoms with Crippen LogP contribution in [-0.2, 0) is 9.47 Å². The molecule has 2 aromatic carbocycles. The zero-order valence-electron chi connectivity index (χ0n) is 21.7. The first-order chi connectivity index (χ1) is 19.1. The summed E-state index contributed by atoms with van der Waals surface area (Å²) < 4.78 is 36.1. The molecule has 4 heterocycles. The van der Waals surface area contributed by atoms with Crippen molar-refractivity contribution in [1.82, 2.24) is 25.2 Å². The van der Waals surface area contributed by atoms with E-state index in [1.807, 2.05) is 29.2 Å². The molecule has 1 amide bonds. The number of fused-ring (bicyclic) bond motifs is 1. The zero-order valence-corrected chi connectivity index (χ0v) is 21.7. The zero-order chi connectivity index (χ0) is 26.8. The van der Waals surface area contributed by atoms with Gasteiger partial charge in [0.25, 0.3) is 5.91 Å². The summed E-state index contributed by atoms with van der Waals surface area (Å²) in [5.74, 6) is 0.0397. The van der Waals surface area contributed by atoms with Crippen LogP contribution in [0.4, 0.5) is 4.39 Å². The number of rotatable bonds is 8. The minimum Gasteiger partial charge on any atom is -0.488 e. The number of halogens is 1. The number of piperazine rings is 1. The van der Waals surface area contributed by atoms with Crippen LogP contribution in [-0.4, -0.2) is 96.8 Å². The van der Waals surface area contributed by atoms with Crippen molar-refractivity contribution in [3.05, 3.63) is 53.8 Å². The third-order valence-electron chi connectivity index (χ3n) is 7.36. The summed E-state index contributed by atoms with van der Waals surface area (Å²) >= 11 is 0. The molecule has 11 heteroatoms. The van der Waals surface area contributed by atoms with Gasteiger partial charge in [0.15, 0.2) is 17.3 Å². The second-order valence-electron chi connectivity index (χ2n) is 9.74. The number of carbonyl (C=O) groups excluding carboxylic acids is 1. The number of nitrogens with one attached hydrogen (secondary N) is 1. The molecular formula is C28H30FN5O5. The van der Waals surface area contributed by atoms with Gasteiger partial charge in [-0.2, -0.15) is 5.10 Å². The van der Waals surface area contributed by atoms with Crippen LogP contribution in [0.25, 0.3) is 33.6 Å². The average Bonchev–Trinajstić information content (AvgIpc) is 3.74. The molecule has 0 spiro atoms. The van der Waals surface area contributed by atoms with E-state index >= 15 is 0 Å². The van der Waals surface area contributed by atoms with E-state index < -0.39 is 5.82 Å². The highest BCUT2D eigenvalue weighted by Crippen LogP contribution is 2.33. The smallest absolute Gasteiger partial charge is 0.253 e. The Labute approximate surface area is 224 Å². The molecule has 1 atom stereocenters. The van der Waals surface area contributed by atoms with Gasteiger partial charge in [-0.25, -0.2) is 4.39 Å². The molecule has 2 fully saturated rings. The number of methoxy groups -OCH3 is 1. The molecule has 2 aromatic heterocycles. The Morgan fingerprint density at radius 1 is 1.13 bits per heavy atom. The minimum atomic E-state index is -0.504. The maximum Gasteiger partial charge on any atom is 0.253 e. The molecule has 0 saturated carbocycles. The fourth-order valence-electron chi connectivity index (χ4n) is 5.14. The summed E-state index contributed by atoms with van der Waals surface area (Å²) in [7, 11) is 1.56. The number of hydrogen-bond acceptors (Lipinski definition) is 8. The van der Waals surface area contributed by atoms with Gasteiger partial charge in [-0.3, -0.25) is 14.8 Å². The molecular weight excluding hydrogens is 505 g/mol. The summed E-state index contributed by atoms with van der Waals surface area (Å²) in [6, 6.07) is 12.5. The molecule has 2 saturated heterocycles. The van der Waals surface area contributed by atoms with Crippen LogP contribution < -0.4 is 4.74 Å². The maximum absolute atomic E-state index is 14.6. The van der Waals surface area contributed by atoms with Crippen molar-refractivity contribution in [1.29, 1.82) is 0 Å². The molecule has 1 N–H and O–H groups in total. The lowest BCUT2D eigenvalue weighted by molar-refractivity contribution is 0.0549. The Bertz CT molecular complexity index is 1440. The monoisotopic (exact) mass is 535 g/mol. The van der Waals surface area contributed by atoms with Crippen molar-refractivity contribution in [2.45, 2.75) is 12.5 Å². The molecule has 0 unspecified atom stereocenters. The third-order valence-corrected chi connectivity index (χ3v) is 7.36. The summed E-state index contributed by atoms with van der Waals surface area (Å²) in [5, 5.41) is 11.9. The number of nitrogens with zero attached hydrogens (tertiary/aromatic N) is 4. The summed E-state index contributed by atoms with van der Waals surface area (Å²) in [6.07, 6.45) is 1.07. The first kappa shape index (κ1) is 25.5. The molecule has 0 aliphatic carbocycles. The Hall–Kier alpha value is -3.80. The maximum atomic E-state index is 14.6. The predicted molar refractivity (Wildman–Crippen MR) is 141 cm³/mol. The standard InChI is InChI=1S/C28H30FN5O5/c1-36-12-13-38-25-16-24-21(14-22(25)29)27(31-30-24)26-15-23(32-39-26)18-2-4-19(5-3-18)28(35)34-9-7-33(8-10-34)20-6-11-37-17-20/h2-5,14-16,20H,6-13,17H2,1H3,(H,30,31)/t20-/m1/s1. The number of carbonyl (C=O) groups is 1. The number of aromatic nitrogens is 3. The number of ether oxygens (including phenoxy) is 3. The fraction of sp³-hybridized carbons (Fsp3) is 0.393. The number of hydrogen-bond donors (Lipinski definition) is 1. The highest BCUT2D eigenvalue weighted by Gasteiger charge is 2.28. The van der Waals surface area contributed by atoms with Crippen molar-refractivity contribution in [2.75, 3.05) is 59.7 Å². The van der Waals surface area contributed by atoms with Crippen LogP contribution in [0.15, 0.2) is 47.0 Å². The molecule has 2 aliphatic heterocycles. The quantitative estimate of drug-likeness (QED) is 0.341. The molecule has 4 aromatic rings. The fourth-order valence-corrected chi connectivity index (χ4v) is 5.14. The topological polar surface area (TPSA) is 106 Å². The first-order valence-corrected chi connectivity index (χ1v) is 13.1. The lowest BCUT2D eigenvalue weighted by Crippen LogP contribution is -2.52. The highest BCUT2D eigenvalue weighted by atomic mass is 19.1. The SMILES string of the molecule is COCCOc1cc2[nH]nc(-c3cc(-c4ccc(C(=O)N5CCN([C@@H]6CCOC6)CC5)cc4)no3)c2cc1F. The second-order valence-corrected chi connectivity index (χ2v) is 9.74. The molecule has 2 aliphatic rings. The van der Waals surface area contributed by atoms with Crippen LogP contribution in [0.5, 0.6) is 5.75 Å². The Morgan fingerprint density at radius 2 is 1.95 bits per heavy atom. The van der Waals surface area contributed by atoms with Gasteiger partial charge < -0.3 is 23.6 Å². The van der Waals surface area contributed by atoms with Gasteiger partial charge in [-0.15, -0.1) is 0 Å². The van der Waals surface area contributed by atoms with E-state index in [1.54, 1.807) is 19.2 Å². The molecule has 10 nitrogen and oxygen atoms in total. The van der Waals surface area contributed by atoms with Crippen molar-refractivity contribution in [2.24, 2.45) is 0 Å². The number of benzene rings is 2. The highest BCUT2D eigenvalue weighted by molar-refractivity contribution is 5.95. The van der Waals surface area contributed by atoms with E-state index in [1.165, 1.54) is 6.07 Å². The normalized spacial score (nSPS) is 18.2. The lowest BCUT2D eigenvalue weighted by atomic mass is 10.1. The largest absolute Gasteiger partial charge is 0.488 e. The first-order valence-electron chi connectivity index (χ1n) is 13.1. The molecule has 0 bridgehead atoms.